The lowest BCUT2D eigenvalue weighted by atomic mass is 9.90. The quantitative estimate of drug-likeness (QED) is 0.811. The van der Waals surface area contributed by atoms with Crippen LogP contribution in [-0.4, -0.2) is 85.4 Å². The summed E-state index contributed by atoms with van der Waals surface area (Å²) < 4.78 is 19.2. The Morgan fingerprint density at radius 1 is 1.17 bits per heavy atom. The van der Waals surface area contributed by atoms with Crippen molar-refractivity contribution in [2.24, 2.45) is 0 Å². The average molecular weight is 402 g/mol. The van der Waals surface area contributed by atoms with E-state index in [1.54, 1.807) is 6.92 Å². The standard InChI is InChI=1S/C21H27FN4O3/c1-21(22)12-26(13-21)16-4-2-14(3-5-16)15-8-25(9-15)20(28)24-7-6-18-17(10-24)23-19(27)11-29-18/h2-5,15,17-18H,6-13H2,1H3,(H,23,27). The van der Waals surface area contributed by atoms with Crippen LogP contribution in [0, 0.1) is 0 Å². The van der Waals surface area contributed by atoms with Gasteiger partial charge in [-0.2, -0.15) is 0 Å². The molecule has 4 heterocycles. The number of carbonyl (C=O) groups excluding carboxylic acids is 2. The SMILES string of the molecule is CC1(F)CN(c2ccc(C3CN(C(=O)N4CCC5OCC(=O)NC5C4)C3)cc2)C1. The molecular formula is C21H27FN4O3. The monoisotopic (exact) mass is 402 g/mol. The number of ether oxygens (including phenoxy) is 1. The molecule has 7 nitrogen and oxygen atoms in total. The van der Waals surface area contributed by atoms with E-state index in [1.807, 2.05) is 26.8 Å². The fourth-order valence-electron chi connectivity index (χ4n) is 4.81. The molecule has 2 atom stereocenters. The van der Waals surface area contributed by atoms with Crippen LogP contribution in [0.15, 0.2) is 24.3 Å². The van der Waals surface area contributed by atoms with E-state index in [9.17, 15) is 14.0 Å². The zero-order valence-corrected chi connectivity index (χ0v) is 16.6. The van der Waals surface area contributed by atoms with Crippen molar-refractivity contribution in [1.29, 1.82) is 0 Å². The van der Waals surface area contributed by atoms with E-state index in [0.717, 1.165) is 12.1 Å². The Balaban J connectivity index is 1.13. The normalized spacial score (nSPS) is 28.9. The van der Waals surface area contributed by atoms with Crippen LogP contribution in [0.4, 0.5) is 14.9 Å². The lowest BCUT2D eigenvalue weighted by Crippen LogP contribution is -2.63. The average Bonchev–Trinajstić information content (AvgIpc) is 2.64. The molecule has 3 amide bonds. The summed E-state index contributed by atoms with van der Waals surface area (Å²) in [5.74, 6) is 0.230. The van der Waals surface area contributed by atoms with Crippen LogP contribution in [-0.2, 0) is 9.53 Å². The van der Waals surface area contributed by atoms with E-state index < -0.39 is 5.67 Å². The molecule has 4 aliphatic heterocycles. The third kappa shape index (κ3) is 3.54. The van der Waals surface area contributed by atoms with Gasteiger partial charge in [-0.1, -0.05) is 12.1 Å². The third-order valence-electron chi connectivity index (χ3n) is 6.52. The van der Waals surface area contributed by atoms with E-state index in [-0.39, 0.29) is 30.7 Å². The number of hydrogen-bond acceptors (Lipinski definition) is 4. The van der Waals surface area contributed by atoms with Gasteiger partial charge >= 0.3 is 6.03 Å². The Morgan fingerprint density at radius 3 is 2.59 bits per heavy atom. The molecule has 4 aliphatic rings. The number of urea groups is 1. The Hall–Kier alpha value is -2.35. The molecule has 5 rings (SSSR count). The first-order valence-corrected chi connectivity index (χ1v) is 10.4. The molecule has 0 aliphatic carbocycles. The smallest absolute Gasteiger partial charge is 0.320 e. The summed E-state index contributed by atoms with van der Waals surface area (Å²) in [6.45, 7) is 5.23. The zero-order valence-electron chi connectivity index (χ0n) is 16.6. The number of benzene rings is 1. The molecular weight excluding hydrogens is 375 g/mol. The highest BCUT2D eigenvalue weighted by atomic mass is 19.1. The minimum absolute atomic E-state index is 0.0149. The van der Waals surface area contributed by atoms with Gasteiger partial charge in [0.15, 0.2) is 0 Å². The maximum atomic E-state index is 13.7. The van der Waals surface area contributed by atoms with Gasteiger partial charge in [0.05, 0.1) is 25.2 Å². The second-order valence-electron chi connectivity index (χ2n) is 9.00. The minimum atomic E-state index is -1.07. The first-order chi connectivity index (χ1) is 13.9. The summed E-state index contributed by atoms with van der Waals surface area (Å²) >= 11 is 0. The Bertz CT molecular complexity index is 801. The predicted molar refractivity (Wildman–Crippen MR) is 106 cm³/mol. The largest absolute Gasteiger partial charge is 0.366 e. The lowest BCUT2D eigenvalue weighted by molar-refractivity contribution is -0.139. The lowest BCUT2D eigenvalue weighted by Gasteiger charge is -2.46. The predicted octanol–water partition coefficient (Wildman–Crippen LogP) is 1.34. The van der Waals surface area contributed by atoms with E-state index in [0.29, 0.717) is 45.2 Å². The topological polar surface area (TPSA) is 65.1 Å². The number of fused-ring (bicyclic) bond motifs is 1. The number of hydrogen-bond donors (Lipinski definition) is 1. The fraction of sp³-hybridized carbons (Fsp3) is 0.619. The summed E-state index contributed by atoms with van der Waals surface area (Å²) in [6.07, 6.45) is 0.769. The van der Waals surface area contributed by atoms with Gasteiger partial charge in [-0.05, 0) is 31.0 Å². The van der Waals surface area contributed by atoms with Crippen molar-refractivity contribution in [1.82, 2.24) is 15.1 Å². The molecule has 0 spiro atoms. The molecule has 4 saturated heterocycles. The fourth-order valence-corrected chi connectivity index (χ4v) is 4.81. The molecule has 0 aromatic heterocycles. The molecule has 0 radical (unpaired) electrons. The number of rotatable bonds is 2. The number of halogens is 1. The van der Waals surface area contributed by atoms with Crippen molar-refractivity contribution >= 4 is 17.6 Å². The van der Waals surface area contributed by atoms with Crippen molar-refractivity contribution in [3.05, 3.63) is 29.8 Å². The third-order valence-corrected chi connectivity index (χ3v) is 6.52. The van der Waals surface area contributed by atoms with Gasteiger partial charge in [0, 0.05) is 37.8 Å². The zero-order chi connectivity index (χ0) is 20.2. The maximum absolute atomic E-state index is 13.7. The Morgan fingerprint density at radius 2 is 1.90 bits per heavy atom. The van der Waals surface area contributed by atoms with Crippen LogP contribution in [0.3, 0.4) is 0 Å². The second-order valence-corrected chi connectivity index (χ2v) is 9.00. The number of nitrogens with zero attached hydrogens (tertiary/aromatic N) is 3. The first-order valence-electron chi connectivity index (χ1n) is 10.4. The van der Waals surface area contributed by atoms with Crippen molar-refractivity contribution < 1.29 is 18.7 Å². The summed E-state index contributed by atoms with van der Waals surface area (Å²) in [7, 11) is 0. The summed E-state index contributed by atoms with van der Waals surface area (Å²) in [4.78, 5) is 30.1. The van der Waals surface area contributed by atoms with Gasteiger partial charge in [0.2, 0.25) is 5.91 Å². The number of alkyl halides is 1. The van der Waals surface area contributed by atoms with Crippen LogP contribution < -0.4 is 10.2 Å². The van der Waals surface area contributed by atoms with Crippen LogP contribution in [0.5, 0.6) is 0 Å². The summed E-state index contributed by atoms with van der Waals surface area (Å²) in [6, 6.07) is 8.22. The molecule has 0 saturated carbocycles. The number of piperidine rings is 1. The van der Waals surface area contributed by atoms with Gasteiger partial charge in [-0.3, -0.25) is 4.79 Å². The highest BCUT2D eigenvalue weighted by Gasteiger charge is 2.41. The molecule has 2 unspecified atom stereocenters. The van der Waals surface area contributed by atoms with E-state index in [1.165, 1.54) is 5.56 Å². The highest BCUT2D eigenvalue weighted by molar-refractivity contribution is 5.79. The summed E-state index contributed by atoms with van der Waals surface area (Å²) in [5, 5.41) is 2.94. The van der Waals surface area contributed by atoms with Crippen molar-refractivity contribution in [2.75, 3.05) is 50.8 Å². The summed E-state index contributed by atoms with van der Waals surface area (Å²) in [5.41, 5.74) is 1.19. The van der Waals surface area contributed by atoms with Crippen LogP contribution >= 0.6 is 0 Å². The molecule has 1 aromatic carbocycles. The molecule has 1 aromatic rings. The van der Waals surface area contributed by atoms with Gasteiger partial charge in [-0.25, -0.2) is 9.18 Å². The Kier molecular flexibility index (Phi) is 4.42. The van der Waals surface area contributed by atoms with Gasteiger partial charge < -0.3 is 24.8 Å². The van der Waals surface area contributed by atoms with Gasteiger partial charge in [0.1, 0.15) is 12.3 Å². The number of carbonyl (C=O) groups is 2. The highest BCUT2D eigenvalue weighted by Crippen LogP contribution is 2.33. The number of morpholine rings is 1. The number of likely N-dealkylation sites (tertiary alicyclic amines) is 2. The molecule has 8 heteroatoms. The van der Waals surface area contributed by atoms with E-state index >= 15 is 0 Å². The Labute approximate surface area is 169 Å². The number of nitrogens with one attached hydrogen (secondary N) is 1. The van der Waals surface area contributed by atoms with Gasteiger partial charge in [0.25, 0.3) is 0 Å². The van der Waals surface area contributed by atoms with Gasteiger partial charge in [-0.15, -0.1) is 0 Å². The van der Waals surface area contributed by atoms with E-state index in [4.69, 9.17) is 4.74 Å². The van der Waals surface area contributed by atoms with Crippen LogP contribution in [0.25, 0.3) is 0 Å². The van der Waals surface area contributed by atoms with Crippen LogP contribution in [0.1, 0.15) is 24.8 Å². The molecule has 29 heavy (non-hydrogen) atoms. The first kappa shape index (κ1) is 18.7. The molecule has 1 N–H and O–H groups in total. The molecule has 0 bridgehead atoms. The van der Waals surface area contributed by atoms with Crippen LogP contribution in [0.2, 0.25) is 0 Å². The number of amides is 3. The van der Waals surface area contributed by atoms with Crippen molar-refractivity contribution in [2.45, 2.75) is 37.1 Å². The number of anilines is 1. The minimum Gasteiger partial charge on any atom is -0.366 e. The molecule has 156 valence electrons. The van der Waals surface area contributed by atoms with Crippen molar-refractivity contribution in [3.8, 4) is 0 Å². The second kappa shape index (κ2) is 6.86. The van der Waals surface area contributed by atoms with E-state index in [2.05, 4.69) is 17.4 Å². The molecule has 4 fully saturated rings. The van der Waals surface area contributed by atoms with Crippen molar-refractivity contribution in [3.63, 3.8) is 0 Å². The maximum Gasteiger partial charge on any atom is 0.320 e.